The van der Waals surface area contributed by atoms with Crippen molar-refractivity contribution >= 4 is 21.9 Å². The van der Waals surface area contributed by atoms with Gasteiger partial charge in [0.25, 0.3) is 0 Å². The molecular formula is C24H30O6. The topological polar surface area (TPSA) is 100 Å². The van der Waals surface area contributed by atoms with Crippen molar-refractivity contribution in [2.75, 3.05) is 7.11 Å². The molecule has 6 nitrogen and oxygen atoms in total. The first-order valence-electron chi connectivity index (χ1n) is 10.4. The van der Waals surface area contributed by atoms with Gasteiger partial charge in [-0.25, -0.2) is 0 Å². The summed E-state index contributed by atoms with van der Waals surface area (Å²) < 4.78 is 11.3. The zero-order valence-electron chi connectivity index (χ0n) is 18.2. The van der Waals surface area contributed by atoms with Crippen molar-refractivity contribution < 1.29 is 24.5 Å². The lowest BCUT2D eigenvalue weighted by atomic mass is 9.95. The Balaban J connectivity index is 2.36. The lowest BCUT2D eigenvalue weighted by Gasteiger charge is -2.16. The summed E-state index contributed by atoms with van der Waals surface area (Å²) in [5.41, 5.74) is 0.783. The molecule has 0 unspecified atom stereocenters. The molecule has 2 aromatic carbocycles. The first-order valence-corrected chi connectivity index (χ1v) is 10.4. The first-order chi connectivity index (χ1) is 14.1. The third kappa shape index (κ3) is 3.91. The number of methoxy groups -OCH3 is 1. The fourth-order valence-corrected chi connectivity index (χ4v) is 3.80. The van der Waals surface area contributed by atoms with E-state index in [1.807, 2.05) is 0 Å². The summed E-state index contributed by atoms with van der Waals surface area (Å²) in [7, 11) is 1.45. The van der Waals surface area contributed by atoms with Crippen molar-refractivity contribution in [3.63, 3.8) is 0 Å². The number of hydrogen-bond donors (Lipinski definition) is 3. The van der Waals surface area contributed by atoms with Crippen LogP contribution in [0, 0.1) is 11.8 Å². The van der Waals surface area contributed by atoms with E-state index in [-0.39, 0.29) is 44.9 Å². The summed E-state index contributed by atoms with van der Waals surface area (Å²) in [5.74, 6) is 0.528. The first kappa shape index (κ1) is 21.8. The second-order valence-corrected chi connectivity index (χ2v) is 8.67. The van der Waals surface area contributed by atoms with Crippen molar-refractivity contribution in [1.29, 1.82) is 0 Å². The molecule has 0 atom stereocenters. The van der Waals surface area contributed by atoms with E-state index < -0.39 is 5.43 Å². The van der Waals surface area contributed by atoms with Gasteiger partial charge in [-0.15, -0.1) is 0 Å². The minimum absolute atomic E-state index is 0.0394. The minimum Gasteiger partial charge on any atom is -0.507 e. The molecule has 1 heterocycles. The van der Waals surface area contributed by atoms with Crippen LogP contribution in [0.2, 0.25) is 0 Å². The van der Waals surface area contributed by atoms with Crippen LogP contribution in [-0.4, -0.2) is 22.4 Å². The molecule has 0 amide bonds. The molecule has 3 N–H and O–H groups in total. The highest BCUT2D eigenvalue weighted by molar-refractivity contribution is 5.97. The van der Waals surface area contributed by atoms with Crippen LogP contribution in [0.5, 0.6) is 23.0 Å². The lowest BCUT2D eigenvalue weighted by molar-refractivity contribution is 0.368. The van der Waals surface area contributed by atoms with E-state index in [1.165, 1.54) is 19.2 Å². The molecule has 0 aliphatic rings. The van der Waals surface area contributed by atoms with Crippen LogP contribution in [0.15, 0.2) is 21.3 Å². The highest BCUT2D eigenvalue weighted by atomic mass is 16.5. The lowest BCUT2D eigenvalue weighted by Crippen LogP contribution is -2.09. The molecule has 0 saturated carbocycles. The van der Waals surface area contributed by atoms with Crippen LogP contribution < -0.4 is 10.2 Å². The average molecular weight is 414 g/mol. The number of phenols is 3. The van der Waals surface area contributed by atoms with Gasteiger partial charge in [-0.2, -0.15) is 0 Å². The van der Waals surface area contributed by atoms with Gasteiger partial charge in [0.05, 0.1) is 12.5 Å². The van der Waals surface area contributed by atoms with Crippen LogP contribution in [0.25, 0.3) is 21.9 Å². The van der Waals surface area contributed by atoms with Gasteiger partial charge in [0, 0.05) is 23.3 Å². The van der Waals surface area contributed by atoms with E-state index in [0.717, 1.165) is 12.8 Å². The van der Waals surface area contributed by atoms with E-state index in [0.29, 0.717) is 35.8 Å². The molecule has 0 bridgehead atoms. The molecule has 0 saturated heterocycles. The van der Waals surface area contributed by atoms with Crippen molar-refractivity contribution in [3.05, 3.63) is 33.5 Å². The second kappa shape index (κ2) is 8.46. The number of fused-ring (bicyclic) bond motifs is 2. The largest absolute Gasteiger partial charge is 0.507 e. The summed E-state index contributed by atoms with van der Waals surface area (Å²) in [6.07, 6.45) is 2.50. The number of hydrogen-bond acceptors (Lipinski definition) is 6. The van der Waals surface area contributed by atoms with Gasteiger partial charge in [-0.3, -0.25) is 4.79 Å². The van der Waals surface area contributed by atoms with Gasteiger partial charge in [-0.1, -0.05) is 27.7 Å². The Morgan fingerprint density at radius 1 is 0.867 bits per heavy atom. The number of benzene rings is 2. The highest BCUT2D eigenvalue weighted by Gasteiger charge is 2.23. The molecule has 6 heteroatoms. The molecule has 30 heavy (non-hydrogen) atoms. The maximum absolute atomic E-state index is 13.5. The van der Waals surface area contributed by atoms with Crippen molar-refractivity contribution in [3.8, 4) is 23.0 Å². The molecule has 0 aliphatic carbocycles. The van der Waals surface area contributed by atoms with E-state index in [4.69, 9.17) is 9.15 Å². The Morgan fingerprint density at radius 3 is 1.97 bits per heavy atom. The summed E-state index contributed by atoms with van der Waals surface area (Å²) in [5, 5.41) is 32.0. The quantitative estimate of drug-likeness (QED) is 0.457. The number of ether oxygens (including phenoxy) is 1. The van der Waals surface area contributed by atoms with Crippen LogP contribution in [0.3, 0.4) is 0 Å². The Bertz CT molecular complexity index is 1140. The molecule has 0 aliphatic heterocycles. The molecular weight excluding hydrogens is 384 g/mol. The van der Waals surface area contributed by atoms with E-state index in [1.54, 1.807) is 0 Å². The number of aryl methyl sites for hydroxylation is 1. The predicted molar refractivity (Wildman–Crippen MR) is 118 cm³/mol. The number of rotatable bonds is 7. The van der Waals surface area contributed by atoms with E-state index >= 15 is 0 Å². The van der Waals surface area contributed by atoms with Gasteiger partial charge in [0.15, 0.2) is 11.5 Å². The van der Waals surface area contributed by atoms with Gasteiger partial charge in [0.2, 0.25) is 5.43 Å². The van der Waals surface area contributed by atoms with Gasteiger partial charge >= 0.3 is 0 Å². The summed E-state index contributed by atoms with van der Waals surface area (Å²) in [6.45, 7) is 8.25. The van der Waals surface area contributed by atoms with Crippen LogP contribution in [0.1, 0.15) is 51.7 Å². The average Bonchev–Trinajstić information content (AvgIpc) is 2.64. The van der Waals surface area contributed by atoms with Crippen LogP contribution in [0.4, 0.5) is 0 Å². The molecule has 0 fully saturated rings. The normalized spacial score (nSPS) is 11.8. The molecule has 0 spiro atoms. The minimum atomic E-state index is -0.397. The van der Waals surface area contributed by atoms with Crippen LogP contribution >= 0.6 is 0 Å². The second-order valence-electron chi connectivity index (χ2n) is 8.67. The Morgan fingerprint density at radius 2 is 1.40 bits per heavy atom. The molecule has 0 radical (unpaired) electrons. The fraction of sp³-hybridized carbons (Fsp3) is 0.458. The fourth-order valence-electron chi connectivity index (χ4n) is 3.80. The monoisotopic (exact) mass is 414 g/mol. The van der Waals surface area contributed by atoms with Gasteiger partial charge in [-0.05, 0) is 37.5 Å². The predicted octanol–water partition coefficient (Wildman–Crippen LogP) is 5.25. The van der Waals surface area contributed by atoms with Crippen molar-refractivity contribution in [2.24, 2.45) is 11.8 Å². The summed E-state index contributed by atoms with van der Waals surface area (Å²) in [4.78, 5) is 13.5. The smallest absolute Gasteiger partial charge is 0.204 e. The Kier molecular flexibility index (Phi) is 6.15. The molecule has 1 aromatic heterocycles. The maximum atomic E-state index is 13.5. The van der Waals surface area contributed by atoms with Crippen molar-refractivity contribution in [2.45, 2.75) is 53.4 Å². The van der Waals surface area contributed by atoms with Gasteiger partial charge < -0.3 is 24.5 Å². The summed E-state index contributed by atoms with van der Waals surface area (Å²) in [6, 6.07) is 2.70. The SMILES string of the molecule is COc1c(O)cc2oc3cc(O)c(CCC(C)C)c(O)c3c(=O)c2c1CCC(C)C. The Labute approximate surface area is 175 Å². The van der Waals surface area contributed by atoms with E-state index in [9.17, 15) is 20.1 Å². The number of aromatic hydroxyl groups is 3. The van der Waals surface area contributed by atoms with E-state index in [2.05, 4.69) is 27.7 Å². The number of phenolic OH excluding ortho intramolecular Hbond substituents is 3. The summed E-state index contributed by atoms with van der Waals surface area (Å²) >= 11 is 0. The third-order valence-electron chi connectivity index (χ3n) is 5.49. The zero-order valence-corrected chi connectivity index (χ0v) is 18.2. The standard InChI is InChI=1S/C24H30O6/c1-12(2)6-8-14-16(25)10-19-21(22(14)27)23(28)20-15(9-7-13(3)4)24(29-5)17(26)11-18(20)30-19/h10-13,25-27H,6-9H2,1-5H3. The van der Waals surface area contributed by atoms with Crippen molar-refractivity contribution in [1.82, 2.24) is 0 Å². The Hall–Kier alpha value is -2.89. The van der Waals surface area contributed by atoms with Crippen LogP contribution in [-0.2, 0) is 12.8 Å². The maximum Gasteiger partial charge on any atom is 0.204 e. The third-order valence-corrected chi connectivity index (χ3v) is 5.49. The zero-order chi connectivity index (χ0) is 22.2. The molecule has 162 valence electrons. The molecule has 3 aromatic rings. The highest BCUT2D eigenvalue weighted by Crippen LogP contribution is 2.41. The van der Waals surface area contributed by atoms with Gasteiger partial charge in [0.1, 0.15) is 28.1 Å². The molecule has 3 rings (SSSR count).